The van der Waals surface area contributed by atoms with Crippen LogP contribution < -0.4 is 0 Å². The molecule has 1 aliphatic heterocycles. The van der Waals surface area contributed by atoms with Gasteiger partial charge < -0.3 is 10.0 Å². The third kappa shape index (κ3) is 3.46. The van der Waals surface area contributed by atoms with Crippen molar-refractivity contribution in [1.82, 2.24) is 9.80 Å². The minimum atomic E-state index is -0.899. The number of hydrogen-bond acceptors (Lipinski definition) is 3. The number of likely N-dealkylation sites (N-methyl/N-ethyl adjacent to an activating group) is 2. The van der Waals surface area contributed by atoms with E-state index in [9.17, 15) is 8.78 Å². The molecule has 1 aromatic carbocycles. The number of nitrogens with zero attached hydrogens (tertiary/aromatic N) is 2. The summed E-state index contributed by atoms with van der Waals surface area (Å²) in [6.07, 6.45) is 2.39. The first-order valence-corrected chi connectivity index (χ1v) is 7.10. The second-order valence-corrected chi connectivity index (χ2v) is 5.53. The average molecular weight is 284 g/mol. The summed E-state index contributed by atoms with van der Waals surface area (Å²) in [5.41, 5.74) is 0.543. The molecule has 1 aliphatic rings. The lowest BCUT2D eigenvalue weighted by atomic mass is 10.1. The molecule has 0 aliphatic carbocycles. The molecule has 1 N–H and O–H groups in total. The SMILES string of the molecule is CCN1CCCC1CN(C)Cc1cc(F)c(O)c(F)c1. The van der Waals surface area contributed by atoms with E-state index in [1.54, 1.807) is 0 Å². The Kier molecular flexibility index (Phi) is 4.94. The number of halogens is 2. The van der Waals surface area contributed by atoms with Crippen molar-refractivity contribution >= 4 is 0 Å². The number of benzene rings is 1. The molecule has 20 heavy (non-hydrogen) atoms. The number of phenolic OH excluding ortho intramolecular Hbond substituents is 1. The van der Waals surface area contributed by atoms with Crippen molar-refractivity contribution in [2.45, 2.75) is 32.4 Å². The van der Waals surface area contributed by atoms with E-state index in [1.165, 1.54) is 25.0 Å². The molecule has 2 rings (SSSR count). The van der Waals surface area contributed by atoms with Gasteiger partial charge in [-0.25, -0.2) is 8.78 Å². The normalized spacial score (nSPS) is 19.9. The average Bonchev–Trinajstić information content (AvgIpc) is 2.82. The number of rotatable bonds is 5. The molecule has 1 heterocycles. The zero-order chi connectivity index (χ0) is 14.7. The van der Waals surface area contributed by atoms with Gasteiger partial charge in [0.2, 0.25) is 0 Å². The Balaban J connectivity index is 1.96. The van der Waals surface area contributed by atoms with Gasteiger partial charge in [0, 0.05) is 19.1 Å². The molecule has 0 saturated carbocycles. The molecule has 1 saturated heterocycles. The van der Waals surface area contributed by atoms with Crippen molar-refractivity contribution in [2.75, 3.05) is 26.7 Å². The molecular weight excluding hydrogens is 262 g/mol. The predicted octanol–water partition coefficient (Wildman–Crippen LogP) is 2.59. The summed E-state index contributed by atoms with van der Waals surface area (Å²) in [4.78, 5) is 4.51. The van der Waals surface area contributed by atoms with Gasteiger partial charge in [0.05, 0.1) is 0 Å². The lowest BCUT2D eigenvalue weighted by molar-refractivity contribution is 0.194. The van der Waals surface area contributed by atoms with Crippen LogP contribution in [0.3, 0.4) is 0 Å². The van der Waals surface area contributed by atoms with Gasteiger partial charge in [0.1, 0.15) is 0 Å². The Morgan fingerprint density at radius 1 is 1.35 bits per heavy atom. The molecule has 112 valence electrons. The molecular formula is C15H22F2N2O. The van der Waals surface area contributed by atoms with Crippen molar-refractivity contribution < 1.29 is 13.9 Å². The van der Waals surface area contributed by atoms with Crippen molar-refractivity contribution in [1.29, 1.82) is 0 Å². The Hall–Kier alpha value is -1.20. The topological polar surface area (TPSA) is 26.7 Å². The molecule has 1 aromatic rings. The van der Waals surface area contributed by atoms with Crippen LogP contribution in [0.4, 0.5) is 8.78 Å². The van der Waals surface area contributed by atoms with E-state index in [0.29, 0.717) is 18.2 Å². The monoisotopic (exact) mass is 284 g/mol. The molecule has 0 spiro atoms. The largest absolute Gasteiger partial charge is 0.503 e. The fourth-order valence-electron chi connectivity index (χ4n) is 2.96. The molecule has 0 bridgehead atoms. The maximum Gasteiger partial charge on any atom is 0.187 e. The highest BCUT2D eigenvalue weighted by molar-refractivity contribution is 5.29. The van der Waals surface area contributed by atoms with E-state index in [0.717, 1.165) is 19.6 Å². The summed E-state index contributed by atoms with van der Waals surface area (Å²) in [5, 5.41) is 9.09. The fourth-order valence-corrected chi connectivity index (χ4v) is 2.96. The molecule has 0 amide bonds. The van der Waals surface area contributed by atoms with Gasteiger partial charge in [-0.2, -0.15) is 0 Å². The molecule has 3 nitrogen and oxygen atoms in total. The highest BCUT2D eigenvalue weighted by Crippen LogP contribution is 2.23. The lowest BCUT2D eigenvalue weighted by Gasteiger charge is -2.27. The highest BCUT2D eigenvalue weighted by atomic mass is 19.1. The van der Waals surface area contributed by atoms with Crippen LogP contribution in [0, 0.1) is 11.6 Å². The van der Waals surface area contributed by atoms with Gasteiger partial charge in [0.25, 0.3) is 0 Å². The van der Waals surface area contributed by atoms with E-state index in [2.05, 4.69) is 16.7 Å². The summed E-state index contributed by atoms with van der Waals surface area (Å²) >= 11 is 0. The maximum absolute atomic E-state index is 13.3. The van der Waals surface area contributed by atoms with E-state index < -0.39 is 17.4 Å². The zero-order valence-electron chi connectivity index (χ0n) is 12.1. The first-order chi connectivity index (χ1) is 9.51. The zero-order valence-corrected chi connectivity index (χ0v) is 12.1. The van der Waals surface area contributed by atoms with Crippen LogP contribution in [-0.4, -0.2) is 47.6 Å². The molecule has 1 atom stereocenters. The highest BCUT2D eigenvalue weighted by Gasteiger charge is 2.24. The summed E-state index contributed by atoms with van der Waals surface area (Å²) in [6.45, 7) is 5.70. The number of aromatic hydroxyl groups is 1. The summed E-state index contributed by atoms with van der Waals surface area (Å²) in [5.74, 6) is -2.70. The van der Waals surface area contributed by atoms with Gasteiger partial charge in [-0.15, -0.1) is 0 Å². The number of hydrogen-bond donors (Lipinski definition) is 1. The third-order valence-electron chi connectivity index (χ3n) is 3.96. The van der Waals surface area contributed by atoms with Gasteiger partial charge in [-0.05, 0) is 50.7 Å². The first-order valence-electron chi connectivity index (χ1n) is 7.10. The maximum atomic E-state index is 13.3. The summed E-state index contributed by atoms with van der Waals surface area (Å²) in [7, 11) is 1.95. The van der Waals surface area contributed by atoms with Crippen LogP contribution >= 0.6 is 0 Å². The molecule has 0 aromatic heterocycles. The summed E-state index contributed by atoms with van der Waals surface area (Å²) in [6, 6.07) is 2.92. The van der Waals surface area contributed by atoms with Crippen LogP contribution in [0.2, 0.25) is 0 Å². The summed E-state index contributed by atoms with van der Waals surface area (Å²) < 4.78 is 26.6. The minimum Gasteiger partial charge on any atom is -0.503 e. The van der Waals surface area contributed by atoms with E-state index in [4.69, 9.17) is 5.11 Å². The van der Waals surface area contributed by atoms with Gasteiger partial charge in [-0.1, -0.05) is 6.92 Å². The molecule has 0 radical (unpaired) electrons. The van der Waals surface area contributed by atoms with Crippen molar-refractivity contribution in [3.8, 4) is 5.75 Å². The quantitative estimate of drug-likeness (QED) is 0.900. The minimum absolute atomic E-state index is 0.474. The Morgan fingerprint density at radius 3 is 2.60 bits per heavy atom. The first kappa shape index (κ1) is 15.2. The third-order valence-corrected chi connectivity index (χ3v) is 3.96. The molecule has 5 heteroatoms. The number of phenols is 1. The van der Waals surface area contributed by atoms with Crippen LogP contribution in [-0.2, 0) is 6.54 Å². The standard InChI is InChI=1S/C15H22F2N2O/c1-3-19-6-4-5-12(19)10-18(2)9-11-7-13(16)15(20)14(17)8-11/h7-8,12,20H,3-6,9-10H2,1-2H3. The van der Waals surface area contributed by atoms with Crippen LogP contribution in [0.15, 0.2) is 12.1 Å². The van der Waals surface area contributed by atoms with Gasteiger partial charge in [0.15, 0.2) is 17.4 Å². The lowest BCUT2D eigenvalue weighted by Crippen LogP contribution is -2.38. The second-order valence-electron chi connectivity index (χ2n) is 5.53. The van der Waals surface area contributed by atoms with Crippen molar-refractivity contribution in [3.05, 3.63) is 29.3 Å². The fraction of sp³-hybridized carbons (Fsp3) is 0.600. The van der Waals surface area contributed by atoms with Crippen molar-refractivity contribution in [3.63, 3.8) is 0 Å². The smallest absolute Gasteiger partial charge is 0.187 e. The van der Waals surface area contributed by atoms with E-state index in [1.807, 2.05) is 7.05 Å². The van der Waals surface area contributed by atoms with E-state index in [-0.39, 0.29) is 0 Å². The Morgan fingerprint density at radius 2 is 2.00 bits per heavy atom. The Bertz CT molecular complexity index is 444. The predicted molar refractivity (Wildman–Crippen MR) is 74.6 cm³/mol. The van der Waals surface area contributed by atoms with E-state index >= 15 is 0 Å². The number of likely N-dealkylation sites (tertiary alicyclic amines) is 1. The Labute approximate surface area is 118 Å². The van der Waals surface area contributed by atoms with Gasteiger partial charge in [-0.3, -0.25) is 4.90 Å². The van der Waals surface area contributed by atoms with Crippen LogP contribution in [0.1, 0.15) is 25.3 Å². The molecule has 1 fully saturated rings. The molecule has 1 unspecified atom stereocenters. The second kappa shape index (κ2) is 6.50. The van der Waals surface area contributed by atoms with Crippen LogP contribution in [0.25, 0.3) is 0 Å². The van der Waals surface area contributed by atoms with Gasteiger partial charge >= 0.3 is 0 Å². The van der Waals surface area contributed by atoms with Crippen LogP contribution in [0.5, 0.6) is 5.75 Å². The van der Waals surface area contributed by atoms with Crippen molar-refractivity contribution in [2.24, 2.45) is 0 Å².